The summed E-state index contributed by atoms with van der Waals surface area (Å²) in [5.41, 5.74) is 1.33. The van der Waals surface area contributed by atoms with Crippen molar-refractivity contribution in [2.75, 3.05) is 20.3 Å². The van der Waals surface area contributed by atoms with Gasteiger partial charge in [-0.2, -0.15) is 0 Å². The van der Waals surface area contributed by atoms with Gasteiger partial charge in [-0.1, -0.05) is 6.07 Å². The van der Waals surface area contributed by atoms with E-state index in [9.17, 15) is 10.2 Å². The minimum absolute atomic E-state index is 0.0668. The molecular weight excluding hydrogens is 380 g/mol. The standard InChI is InChI=1S/C24H32N2O4/c1-17-6-4-7-18(2)26(17)15-21(27)16-30-22-12-10-20(11-13-22)25-14-19-8-5-9-23(29-3)24(19)28/h5,8-14,17-18,21,27-28H,4,6-7,15-16H2,1-3H3/p+1/t17-,18-,21+/m1/s1. The number of phenolic OH excluding ortho intramolecular Hbond substituents is 1. The van der Waals surface area contributed by atoms with Crippen molar-refractivity contribution in [1.82, 2.24) is 0 Å². The van der Waals surface area contributed by atoms with E-state index in [4.69, 9.17) is 9.47 Å². The van der Waals surface area contributed by atoms with Gasteiger partial charge in [-0.15, -0.1) is 0 Å². The molecule has 3 rings (SSSR count). The maximum atomic E-state index is 10.4. The summed E-state index contributed by atoms with van der Waals surface area (Å²) in [6.07, 6.45) is 4.84. The Kier molecular flexibility index (Phi) is 7.71. The van der Waals surface area contributed by atoms with Gasteiger partial charge in [0.2, 0.25) is 0 Å². The molecular formula is C24H33N2O4+. The first kappa shape index (κ1) is 22.1. The van der Waals surface area contributed by atoms with E-state index in [1.54, 1.807) is 24.4 Å². The predicted molar refractivity (Wildman–Crippen MR) is 118 cm³/mol. The molecule has 0 saturated carbocycles. The maximum Gasteiger partial charge on any atom is 0.166 e. The Bertz CT molecular complexity index is 828. The maximum absolute atomic E-state index is 10.4. The zero-order valence-electron chi connectivity index (χ0n) is 18.0. The lowest BCUT2D eigenvalue weighted by Gasteiger charge is -2.36. The monoisotopic (exact) mass is 413 g/mol. The molecule has 6 nitrogen and oxygen atoms in total. The number of para-hydroxylation sites is 1. The topological polar surface area (TPSA) is 75.7 Å². The van der Waals surface area contributed by atoms with Gasteiger partial charge in [0.1, 0.15) is 25.0 Å². The van der Waals surface area contributed by atoms with Crippen LogP contribution in [0.5, 0.6) is 17.2 Å². The van der Waals surface area contributed by atoms with E-state index in [0.717, 1.165) is 12.2 Å². The van der Waals surface area contributed by atoms with Gasteiger partial charge in [0.05, 0.1) is 24.9 Å². The lowest BCUT2D eigenvalue weighted by molar-refractivity contribution is -0.954. The molecule has 0 spiro atoms. The third kappa shape index (κ3) is 5.74. The minimum Gasteiger partial charge on any atom is -0.504 e. The van der Waals surface area contributed by atoms with Gasteiger partial charge >= 0.3 is 0 Å². The lowest BCUT2D eigenvalue weighted by Crippen LogP contribution is -3.20. The number of benzene rings is 2. The zero-order valence-corrected chi connectivity index (χ0v) is 18.0. The molecule has 1 heterocycles. The van der Waals surface area contributed by atoms with Crippen LogP contribution in [0.2, 0.25) is 0 Å². The van der Waals surface area contributed by atoms with Crippen LogP contribution in [0, 0.1) is 0 Å². The molecule has 1 fully saturated rings. The Labute approximate surface area is 178 Å². The van der Waals surface area contributed by atoms with Gasteiger partial charge in [0.15, 0.2) is 11.5 Å². The molecule has 2 aromatic rings. The van der Waals surface area contributed by atoms with Crippen molar-refractivity contribution in [2.24, 2.45) is 4.99 Å². The van der Waals surface area contributed by atoms with Crippen LogP contribution in [0.1, 0.15) is 38.7 Å². The van der Waals surface area contributed by atoms with E-state index in [-0.39, 0.29) is 12.4 Å². The number of hydrogen-bond acceptors (Lipinski definition) is 5. The van der Waals surface area contributed by atoms with E-state index in [2.05, 4.69) is 18.8 Å². The first-order valence-corrected chi connectivity index (χ1v) is 10.6. The number of piperidine rings is 1. The predicted octanol–water partition coefficient (Wildman–Crippen LogP) is 2.74. The van der Waals surface area contributed by atoms with Gasteiger partial charge in [0.25, 0.3) is 0 Å². The van der Waals surface area contributed by atoms with Gasteiger partial charge in [-0.3, -0.25) is 4.99 Å². The number of aliphatic hydroxyl groups excluding tert-OH is 1. The minimum atomic E-state index is -0.489. The molecule has 162 valence electrons. The fourth-order valence-electron chi connectivity index (χ4n) is 4.09. The number of ether oxygens (including phenoxy) is 2. The molecule has 1 aliphatic heterocycles. The van der Waals surface area contributed by atoms with E-state index in [0.29, 0.717) is 29.1 Å². The Morgan fingerprint density at radius 3 is 2.50 bits per heavy atom. The van der Waals surface area contributed by atoms with Gasteiger partial charge < -0.3 is 24.6 Å². The molecule has 2 aromatic carbocycles. The van der Waals surface area contributed by atoms with Crippen molar-refractivity contribution in [3.05, 3.63) is 48.0 Å². The fraction of sp³-hybridized carbons (Fsp3) is 0.458. The fourth-order valence-corrected chi connectivity index (χ4v) is 4.09. The van der Waals surface area contributed by atoms with E-state index in [1.165, 1.54) is 31.3 Å². The van der Waals surface area contributed by atoms with Crippen molar-refractivity contribution < 1.29 is 24.6 Å². The second-order valence-corrected chi connectivity index (χ2v) is 8.13. The van der Waals surface area contributed by atoms with Crippen molar-refractivity contribution in [1.29, 1.82) is 0 Å². The number of methoxy groups -OCH3 is 1. The number of aromatic hydroxyl groups is 1. The first-order valence-electron chi connectivity index (χ1n) is 10.6. The average molecular weight is 414 g/mol. The van der Waals surface area contributed by atoms with E-state index >= 15 is 0 Å². The van der Waals surface area contributed by atoms with Crippen LogP contribution in [0.3, 0.4) is 0 Å². The number of nitrogens with zero attached hydrogens (tertiary/aromatic N) is 1. The molecule has 0 bridgehead atoms. The van der Waals surface area contributed by atoms with E-state index in [1.807, 2.05) is 24.3 Å². The summed E-state index contributed by atoms with van der Waals surface area (Å²) in [5, 5.41) is 20.6. The van der Waals surface area contributed by atoms with Crippen molar-refractivity contribution in [2.45, 2.75) is 51.3 Å². The summed E-state index contributed by atoms with van der Waals surface area (Å²) in [6.45, 7) is 5.53. The van der Waals surface area contributed by atoms with Crippen LogP contribution in [-0.4, -0.2) is 54.9 Å². The molecule has 0 unspecified atom stereocenters. The van der Waals surface area contributed by atoms with E-state index < -0.39 is 6.10 Å². The van der Waals surface area contributed by atoms with Crippen LogP contribution in [0.4, 0.5) is 5.69 Å². The highest BCUT2D eigenvalue weighted by Crippen LogP contribution is 2.28. The van der Waals surface area contributed by atoms with Crippen molar-refractivity contribution in [3.63, 3.8) is 0 Å². The highest BCUT2D eigenvalue weighted by atomic mass is 16.5. The second kappa shape index (κ2) is 10.5. The summed E-state index contributed by atoms with van der Waals surface area (Å²) < 4.78 is 10.9. The number of nitrogens with one attached hydrogen (secondary N) is 1. The number of likely N-dealkylation sites (tertiary alicyclic amines) is 1. The van der Waals surface area contributed by atoms with Crippen LogP contribution >= 0.6 is 0 Å². The number of rotatable bonds is 8. The van der Waals surface area contributed by atoms with Crippen LogP contribution in [0.25, 0.3) is 0 Å². The average Bonchev–Trinajstić information content (AvgIpc) is 2.75. The normalized spacial score (nSPS) is 20.9. The number of phenols is 1. The SMILES string of the molecule is COc1cccc(C=Nc2ccc(OC[C@@H](O)C[NH+]3[C@H](C)CCC[C@H]3C)cc2)c1O. The van der Waals surface area contributed by atoms with Gasteiger partial charge in [0, 0.05) is 11.8 Å². The highest BCUT2D eigenvalue weighted by Gasteiger charge is 2.30. The highest BCUT2D eigenvalue weighted by molar-refractivity contribution is 5.86. The first-order chi connectivity index (χ1) is 14.5. The second-order valence-electron chi connectivity index (χ2n) is 8.13. The van der Waals surface area contributed by atoms with Crippen molar-refractivity contribution >= 4 is 11.9 Å². The smallest absolute Gasteiger partial charge is 0.166 e. The van der Waals surface area contributed by atoms with Gasteiger partial charge in [-0.25, -0.2) is 0 Å². The Hall–Kier alpha value is -2.57. The summed E-state index contributed by atoms with van der Waals surface area (Å²) in [5.74, 6) is 1.18. The quantitative estimate of drug-likeness (QED) is 0.582. The zero-order chi connectivity index (χ0) is 21.5. The van der Waals surface area contributed by atoms with Crippen LogP contribution in [-0.2, 0) is 0 Å². The lowest BCUT2D eigenvalue weighted by atomic mass is 9.97. The molecule has 30 heavy (non-hydrogen) atoms. The number of aliphatic hydroxyl groups is 1. The molecule has 1 aliphatic rings. The third-order valence-corrected chi connectivity index (χ3v) is 5.89. The molecule has 3 atom stereocenters. The number of hydrogen-bond donors (Lipinski definition) is 3. The Balaban J connectivity index is 1.52. The molecule has 0 aromatic heterocycles. The van der Waals surface area contributed by atoms with Gasteiger partial charge in [-0.05, 0) is 69.5 Å². The molecule has 1 saturated heterocycles. The molecule has 0 aliphatic carbocycles. The third-order valence-electron chi connectivity index (χ3n) is 5.89. The van der Waals surface area contributed by atoms with Crippen LogP contribution in [0.15, 0.2) is 47.5 Å². The molecule has 0 amide bonds. The number of aliphatic imine (C=N–C) groups is 1. The Morgan fingerprint density at radius 2 is 1.83 bits per heavy atom. The van der Waals surface area contributed by atoms with Crippen LogP contribution < -0.4 is 14.4 Å². The summed E-state index contributed by atoms with van der Waals surface area (Å²) >= 11 is 0. The summed E-state index contributed by atoms with van der Waals surface area (Å²) in [7, 11) is 1.51. The molecule has 3 N–H and O–H groups in total. The summed E-state index contributed by atoms with van der Waals surface area (Å²) in [6, 6.07) is 13.8. The largest absolute Gasteiger partial charge is 0.504 e. The Morgan fingerprint density at radius 1 is 1.13 bits per heavy atom. The number of quaternary nitrogens is 1. The summed E-state index contributed by atoms with van der Waals surface area (Å²) in [4.78, 5) is 5.87. The molecule has 0 radical (unpaired) electrons. The molecule has 6 heteroatoms. The van der Waals surface area contributed by atoms with Crippen molar-refractivity contribution in [3.8, 4) is 17.2 Å².